The summed E-state index contributed by atoms with van der Waals surface area (Å²) in [5.41, 5.74) is -0.0561. The summed E-state index contributed by atoms with van der Waals surface area (Å²) in [6.07, 6.45) is 6.82. The molecule has 3 amide bonds. The lowest BCUT2D eigenvalue weighted by Gasteiger charge is -2.40. The fourth-order valence-corrected chi connectivity index (χ4v) is 7.13. The molecule has 13 nitrogen and oxygen atoms in total. The van der Waals surface area contributed by atoms with Crippen molar-refractivity contribution in [1.82, 2.24) is 30.1 Å². The Morgan fingerprint density at radius 3 is 2.73 bits per heavy atom. The standard InChI is InChI=1S/C32H40N6O7/c1-4-19(2)23(17-39)38-28-30(42)36(18-37-22-11-6-5-10-21(22)34-35-37)15-9-14-32(28)27(29(38)41)26-24(45-32)12-7-8-13-25(40)33-16-20(3)44-31(26)43/h5-7,9-12,14,19-20,23-24,26-28,39H,4,8,13,15-18H2,1-3H3,(H,33,40)/b12-7-/t19-,20-,23-,24-,26+,27+,28-,32+/m0/s1. The van der Waals surface area contributed by atoms with Crippen LogP contribution in [0.5, 0.6) is 0 Å². The van der Waals surface area contributed by atoms with E-state index in [4.69, 9.17) is 9.47 Å². The number of aliphatic hydroxyl groups excluding tert-OH is 1. The molecule has 6 rings (SSSR count). The van der Waals surface area contributed by atoms with Crippen LogP contribution in [0.4, 0.5) is 0 Å². The summed E-state index contributed by atoms with van der Waals surface area (Å²) >= 11 is 0. The Hall–Kier alpha value is -4.10. The topological polar surface area (TPSA) is 156 Å². The van der Waals surface area contributed by atoms with Gasteiger partial charge in [0.05, 0.1) is 36.7 Å². The Balaban J connectivity index is 1.43. The van der Waals surface area contributed by atoms with E-state index in [1.807, 2.05) is 38.1 Å². The number of amides is 3. The molecule has 0 unspecified atom stereocenters. The van der Waals surface area contributed by atoms with Crippen LogP contribution >= 0.6 is 0 Å². The van der Waals surface area contributed by atoms with Crippen molar-refractivity contribution in [3.05, 3.63) is 48.6 Å². The van der Waals surface area contributed by atoms with Gasteiger partial charge in [0.2, 0.25) is 11.8 Å². The van der Waals surface area contributed by atoms with Gasteiger partial charge in [-0.3, -0.25) is 19.2 Å². The number of nitrogens with one attached hydrogen (secondary N) is 1. The number of carbonyl (C=O) groups excluding carboxylic acids is 4. The molecule has 0 aliphatic carbocycles. The molecular weight excluding hydrogens is 580 g/mol. The number of esters is 1. The van der Waals surface area contributed by atoms with Gasteiger partial charge in [-0.15, -0.1) is 5.10 Å². The summed E-state index contributed by atoms with van der Waals surface area (Å²) in [4.78, 5) is 58.5. The van der Waals surface area contributed by atoms with E-state index in [9.17, 15) is 24.3 Å². The lowest BCUT2D eigenvalue weighted by molar-refractivity contribution is -0.160. The number of hydrogen-bond donors (Lipinski definition) is 2. The molecule has 8 atom stereocenters. The van der Waals surface area contributed by atoms with Crippen molar-refractivity contribution >= 4 is 34.7 Å². The first-order chi connectivity index (χ1) is 21.7. The lowest BCUT2D eigenvalue weighted by Crippen LogP contribution is -2.59. The molecule has 2 fully saturated rings. The van der Waals surface area contributed by atoms with Crippen LogP contribution < -0.4 is 5.32 Å². The predicted octanol–water partition coefficient (Wildman–Crippen LogP) is 1.17. The maximum Gasteiger partial charge on any atom is 0.313 e. The quantitative estimate of drug-likeness (QED) is 0.358. The number of allylic oxidation sites excluding steroid dienone is 1. The third-order valence-electron chi connectivity index (χ3n) is 9.63. The van der Waals surface area contributed by atoms with Crippen molar-refractivity contribution in [2.45, 2.75) is 76.6 Å². The molecule has 1 spiro atoms. The van der Waals surface area contributed by atoms with Gasteiger partial charge in [0.15, 0.2) is 0 Å². The number of likely N-dealkylation sites (tertiary alicyclic amines) is 1. The highest BCUT2D eigenvalue weighted by atomic mass is 16.6. The number of fused-ring (bicyclic) bond motifs is 3. The minimum absolute atomic E-state index is 0.0728. The van der Waals surface area contributed by atoms with Crippen LogP contribution in [0, 0.1) is 17.8 Å². The van der Waals surface area contributed by atoms with Crippen molar-refractivity contribution in [2.24, 2.45) is 17.8 Å². The van der Waals surface area contributed by atoms with Crippen molar-refractivity contribution in [2.75, 3.05) is 19.7 Å². The van der Waals surface area contributed by atoms with Gasteiger partial charge in [0.1, 0.15) is 35.9 Å². The van der Waals surface area contributed by atoms with E-state index in [0.717, 1.165) is 5.52 Å². The van der Waals surface area contributed by atoms with Gasteiger partial charge < -0.3 is 29.7 Å². The number of aliphatic hydroxyl groups is 1. The second-order valence-electron chi connectivity index (χ2n) is 12.4. The molecule has 2 saturated heterocycles. The van der Waals surface area contributed by atoms with Crippen molar-refractivity contribution in [1.29, 1.82) is 0 Å². The van der Waals surface area contributed by atoms with E-state index in [0.29, 0.717) is 18.4 Å². The van der Waals surface area contributed by atoms with Gasteiger partial charge in [-0.1, -0.05) is 61.9 Å². The second-order valence-corrected chi connectivity index (χ2v) is 12.4. The number of para-hydroxylation sites is 1. The van der Waals surface area contributed by atoms with E-state index in [-0.39, 0.29) is 50.5 Å². The summed E-state index contributed by atoms with van der Waals surface area (Å²) in [6, 6.07) is 5.60. The molecular formula is C32H40N6O7. The van der Waals surface area contributed by atoms with Crippen molar-refractivity contribution in [3.8, 4) is 0 Å². The Bertz CT molecular complexity index is 1540. The molecule has 4 aliphatic rings. The van der Waals surface area contributed by atoms with Gasteiger partial charge in [-0.05, 0) is 31.4 Å². The molecule has 2 N–H and O–H groups in total. The zero-order valence-electron chi connectivity index (χ0n) is 25.7. The Labute approximate surface area is 261 Å². The predicted molar refractivity (Wildman–Crippen MR) is 161 cm³/mol. The molecule has 4 aliphatic heterocycles. The SMILES string of the molecule is CC[C@H](C)[C@H](CO)N1C(=O)[C@H]2[C@@H]3C(=O)O[C@@H](C)CNC(=O)CC/C=C\[C@@H]3O[C@]23C=CCN(Cn2nnc4ccccc42)C(=O)[C@H]13. The molecule has 0 bridgehead atoms. The van der Waals surface area contributed by atoms with Gasteiger partial charge in [0.25, 0.3) is 5.91 Å². The number of benzene rings is 1. The summed E-state index contributed by atoms with van der Waals surface area (Å²) in [6.45, 7) is 5.62. The number of cyclic esters (lactones) is 1. The molecule has 5 heterocycles. The number of ether oxygens (including phenoxy) is 2. The van der Waals surface area contributed by atoms with Gasteiger partial charge in [-0.25, -0.2) is 4.68 Å². The normalized spacial score (nSPS) is 32.5. The van der Waals surface area contributed by atoms with Crippen LogP contribution in [-0.2, 0) is 35.3 Å². The molecule has 45 heavy (non-hydrogen) atoms. The zero-order valence-corrected chi connectivity index (χ0v) is 25.7. The van der Waals surface area contributed by atoms with E-state index in [1.54, 1.807) is 40.8 Å². The third kappa shape index (κ3) is 5.31. The van der Waals surface area contributed by atoms with Crippen LogP contribution in [0.2, 0.25) is 0 Å². The molecule has 0 radical (unpaired) electrons. The first-order valence-electron chi connectivity index (χ1n) is 15.7. The van der Waals surface area contributed by atoms with Gasteiger partial charge in [-0.2, -0.15) is 0 Å². The number of carbonyl (C=O) groups is 4. The maximum absolute atomic E-state index is 14.7. The highest BCUT2D eigenvalue weighted by molar-refractivity contribution is 5.99. The zero-order chi connectivity index (χ0) is 31.9. The Morgan fingerprint density at radius 2 is 1.96 bits per heavy atom. The van der Waals surface area contributed by atoms with E-state index in [2.05, 4.69) is 15.6 Å². The third-order valence-corrected chi connectivity index (χ3v) is 9.63. The lowest BCUT2D eigenvalue weighted by atomic mass is 9.78. The Kier molecular flexibility index (Phi) is 8.49. The molecule has 1 aromatic carbocycles. The second kappa shape index (κ2) is 12.4. The fourth-order valence-electron chi connectivity index (χ4n) is 7.13. The average Bonchev–Trinajstić information content (AvgIpc) is 3.62. The number of aromatic nitrogens is 3. The molecule has 240 valence electrons. The maximum atomic E-state index is 14.7. The Morgan fingerprint density at radius 1 is 1.16 bits per heavy atom. The summed E-state index contributed by atoms with van der Waals surface area (Å²) in [5.74, 6) is -3.87. The largest absolute Gasteiger partial charge is 0.460 e. The van der Waals surface area contributed by atoms with Crippen LogP contribution in [0.3, 0.4) is 0 Å². The van der Waals surface area contributed by atoms with Crippen molar-refractivity contribution < 1.29 is 33.8 Å². The average molecular weight is 621 g/mol. The monoisotopic (exact) mass is 620 g/mol. The fraction of sp³-hybridized carbons (Fsp3) is 0.562. The summed E-state index contributed by atoms with van der Waals surface area (Å²) in [7, 11) is 0. The van der Waals surface area contributed by atoms with Gasteiger partial charge in [0, 0.05) is 13.0 Å². The summed E-state index contributed by atoms with van der Waals surface area (Å²) in [5, 5.41) is 21.9. The highest BCUT2D eigenvalue weighted by Crippen LogP contribution is 2.54. The van der Waals surface area contributed by atoms with Crippen LogP contribution in [-0.4, -0.2) is 103 Å². The van der Waals surface area contributed by atoms with Crippen molar-refractivity contribution in [3.63, 3.8) is 0 Å². The first-order valence-corrected chi connectivity index (χ1v) is 15.7. The number of hydrogen-bond acceptors (Lipinski definition) is 9. The van der Waals surface area contributed by atoms with Crippen LogP contribution in [0.25, 0.3) is 11.0 Å². The molecule has 1 aromatic heterocycles. The number of rotatable bonds is 6. The summed E-state index contributed by atoms with van der Waals surface area (Å²) < 4.78 is 14.1. The van der Waals surface area contributed by atoms with Crippen LogP contribution in [0.15, 0.2) is 48.6 Å². The number of nitrogens with zero attached hydrogens (tertiary/aromatic N) is 5. The highest BCUT2D eigenvalue weighted by Gasteiger charge is 2.72. The van der Waals surface area contributed by atoms with E-state index < -0.39 is 53.6 Å². The molecule has 2 aromatic rings. The molecule has 13 heteroatoms. The van der Waals surface area contributed by atoms with E-state index >= 15 is 0 Å². The van der Waals surface area contributed by atoms with Gasteiger partial charge >= 0.3 is 5.97 Å². The first kappa shape index (κ1) is 30.9. The molecule has 0 saturated carbocycles. The smallest absolute Gasteiger partial charge is 0.313 e. The van der Waals surface area contributed by atoms with Crippen LogP contribution in [0.1, 0.15) is 40.0 Å². The minimum atomic E-state index is -1.50. The minimum Gasteiger partial charge on any atom is -0.460 e. The van der Waals surface area contributed by atoms with E-state index in [1.165, 1.54) is 4.90 Å².